The second-order valence-electron chi connectivity index (χ2n) is 6.10. The van der Waals surface area contributed by atoms with Gasteiger partial charge in [0.2, 0.25) is 0 Å². The Labute approximate surface area is 144 Å². The van der Waals surface area contributed by atoms with Gasteiger partial charge in [-0.1, -0.05) is 0 Å². The molecule has 10 heteroatoms. The first-order valence-corrected chi connectivity index (χ1v) is 8.96. The summed E-state index contributed by atoms with van der Waals surface area (Å²) in [6, 6.07) is 2.00. The summed E-state index contributed by atoms with van der Waals surface area (Å²) in [6.45, 7) is 7.29. The van der Waals surface area contributed by atoms with E-state index < -0.39 is 27.6 Å². The quantitative estimate of drug-likeness (QED) is 0.880. The molecule has 0 saturated carbocycles. The number of nitrogens with zero attached hydrogens (tertiary/aromatic N) is 3. The van der Waals surface area contributed by atoms with E-state index in [9.17, 15) is 17.4 Å². The molecule has 0 aliphatic rings. The van der Waals surface area contributed by atoms with Crippen LogP contribution in [0.25, 0.3) is 11.4 Å². The van der Waals surface area contributed by atoms with Gasteiger partial charge in [0.15, 0.2) is 5.82 Å². The Hall–Kier alpha value is -1.39. The highest BCUT2D eigenvalue weighted by atomic mass is 32.2. The number of hydrogen-bond donors (Lipinski definition) is 1. The lowest BCUT2D eigenvalue weighted by Crippen LogP contribution is -2.34. The van der Waals surface area contributed by atoms with Crippen LogP contribution in [0.2, 0.25) is 0 Å². The molecule has 2 rings (SSSR count). The average molecular weight is 378 g/mol. The van der Waals surface area contributed by atoms with E-state index >= 15 is 0 Å². The van der Waals surface area contributed by atoms with Crippen LogP contribution in [0, 0.1) is 0 Å². The number of hydrogen-bond acceptors (Lipinski definition) is 5. The molecule has 24 heavy (non-hydrogen) atoms. The van der Waals surface area contributed by atoms with E-state index in [1.54, 1.807) is 6.92 Å². The number of halogens is 3. The van der Waals surface area contributed by atoms with E-state index in [0.29, 0.717) is 5.01 Å². The van der Waals surface area contributed by atoms with Gasteiger partial charge in [-0.15, -0.1) is 0 Å². The Morgan fingerprint density at radius 3 is 2.54 bits per heavy atom. The van der Waals surface area contributed by atoms with Gasteiger partial charge in [-0.25, -0.2) is 13.9 Å². The lowest BCUT2D eigenvalue weighted by Gasteiger charge is -2.20. The van der Waals surface area contributed by atoms with Gasteiger partial charge in [0, 0.05) is 11.8 Å². The third-order valence-electron chi connectivity index (χ3n) is 2.96. The van der Waals surface area contributed by atoms with Crippen molar-refractivity contribution in [2.75, 3.05) is 0 Å². The first kappa shape index (κ1) is 18.9. The second-order valence-corrected chi connectivity index (χ2v) is 8.89. The number of alkyl halides is 3. The first-order chi connectivity index (χ1) is 11.0. The zero-order valence-electron chi connectivity index (χ0n) is 13.5. The number of aromatic nitrogens is 3. The van der Waals surface area contributed by atoms with Gasteiger partial charge in [0.25, 0.3) is 0 Å². The van der Waals surface area contributed by atoms with E-state index in [0.717, 1.165) is 23.8 Å². The van der Waals surface area contributed by atoms with Gasteiger partial charge >= 0.3 is 6.18 Å². The van der Waals surface area contributed by atoms with Crippen LogP contribution >= 0.6 is 11.5 Å². The van der Waals surface area contributed by atoms with Crippen LogP contribution in [0.4, 0.5) is 13.2 Å². The maximum absolute atomic E-state index is 12.7. The summed E-state index contributed by atoms with van der Waals surface area (Å²) >= 11 is 1.06. The highest BCUT2D eigenvalue weighted by Gasteiger charge is 2.33. The van der Waals surface area contributed by atoms with Gasteiger partial charge in [-0.05, 0) is 51.4 Å². The van der Waals surface area contributed by atoms with Gasteiger partial charge in [-0.3, -0.25) is 4.98 Å². The van der Waals surface area contributed by atoms with Crippen LogP contribution in [0.3, 0.4) is 0 Å². The molecule has 2 aromatic rings. The summed E-state index contributed by atoms with van der Waals surface area (Å²) in [4.78, 5) is 7.57. The lowest BCUT2D eigenvalue weighted by molar-refractivity contribution is -0.141. The molecule has 0 aromatic carbocycles. The minimum absolute atomic E-state index is 0.193. The lowest BCUT2D eigenvalue weighted by atomic mass is 10.2. The molecule has 5 nitrogen and oxygen atoms in total. The molecule has 1 unspecified atom stereocenters. The van der Waals surface area contributed by atoms with E-state index in [1.807, 2.05) is 20.8 Å². The van der Waals surface area contributed by atoms with Crippen molar-refractivity contribution in [3.05, 3.63) is 29.0 Å². The number of pyridine rings is 1. The fraction of sp³-hybridized carbons (Fsp3) is 0.500. The molecule has 0 amide bonds. The van der Waals surface area contributed by atoms with Gasteiger partial charge in [0.05, 0.1) is 21.8 Å². The maximum atomic E-state index is 12.7. The number of nitrogens with one attached hydrogen (secondary N) is 1. The van der Waals surface area contributed by atoms with Crippen molar-refractivity contribution in [2.24, 2.45) is 0 Å². The third-order valence-corrected chi connectivity index (χ3v) is 5.54. The summed E-state index contributed by atoms with van der Waals surface area (Å²) in [5.41, 5.74) is -0.750. The third kappa shape index (κ3) is 4.58. The van der Waals surface area contributed by atoms with Crippen LogP contribution in [0.5, 0.6) is 0 Å². The summed E-state index contributed by atoms with van der Waals surface area (Å²) in [7, 11) is -1.29. The maximum Gasteiger partial charge on any atom is 0.433 e. The molecule has 2 heterocycles. The van der Waals surface area contributed by atoms with Crippen LogP contribution in [-0.4, -0.2) is 23.3 Å². The number of rotatable bonds is 4. The van der Waals surface area contributed by atoms with E-state index in [2.05, 4.69) is 19.1 Å². The van der Waals surface area contributed by atoms with Crippen molar-refractivity contribution in [2.45, 2.75) is 44.7 Å². The van der Waals surface area contributed by atoms with E-state index in [1.165, 1.54) is 6.07 Å². The SMILES string of the molecule is C[C@H](NS(=O)C(C)(C)C)c1nc(-c2ccnc(C(F)(F)F)c2)ns1. The molecule has 2 atom stereocenters. The monoisotopic (exact) mass is 378 g/mol. The van der Waals surface area contributed by atoms with Crippen molar-refractivity contribution in [1.82, 2.24) is 19.1 Å². The zero-order chi connectivity index (χ0) is 18.1. The van der Waals surface area contributed by atoms with Crippen molar-refractivity contribution < 1.29 is 17.4 Å². The summed E-state index contributed by atoms with van der Waals surface area (Å²) in [6.07, 6.45) is -3.44. The summed E-state index contributed by atoms with van der Waals surface area (Å²) < 4.78 is 56.9. The van der Waals surface area contributed by atoms with Gasteiger partial charge in [-0.2, -0.15) is 17.5 Å². The molecule has 0 fully saturated rings. The molecule has 0 radical (unpaired) electrons. The predicted molar refractivity (Wildman–Crippen MR) is 87.6 cm³/mol. The van der Waals surface area contributed by atoms with E-state index in [-0.39, 0.29) is 17.4 Å². The summed E-state index contributed by atoms with van der Waals surface area (Å²) in [5.74, 6) is 0.193. The molecule has 2 aromatic heterocycles. The Balaban J connectivity index is 2.21. The van der Waals surface area contributed by atoms with Crippen molar-refractivity contribution in [3.8, 4) is 11.4 Å². The second kappa shape index (κ2) is 6.85. The first-order valence-electron chi connectivity index (χ1n) is 7.04. The van der Waals surface area contributed by atoms with Crippen LogP contribution in [0.1, 0.15) is 44.4 Å². The molecule has 0 bridgehead atoms. The largest absolute Gasteiger partial charge is 0.433 e. The minimum Gasteiger partial charge on any atom is -0.252 e. The molecule has 0 saturated heterocycles. The van der Waals surface area contributed by atoms with Crippen LogP contribution < -0.4 is 4.72 Å². The van der Waals surface area contributed by atoms with Crippen molar-refractivity contribution in [1.29, 1.82) is 0 Å². The van der Waals surface area contributed by atoms with E-state index in [4.69, 9.17) is 0 Å². The molecule has 0 spiro atoms. The molecule has 1 N–H and O–H groups in total. The highest BCUT2D eigenvalue weighted by molar-refractivity contribution is 7.84. The fourth-order valence-corrected chi connectivity index (χ4v) is 3.17. The zero-order valence-corrected chi connectivity index (χ0v) is 15.1. The molecular formula is C14H17F3N4OS2. The Morgan fingerprint density at radius 2 is 1.96 bits per heavy atom. The highest BCUT2D eigenvalue weighted by Crippen LogP contribution is 2.30. The topological polar surface area (TPSA) is 67.8 Å². The minimum atomic E-state index is -4.52. The molecule has 0 aliphatic carbocycles. The fourth-order valence-electron chi connectivity index (χ4n) is 1.64. The standard InChI is InChI=1S/C14H17F3N4OS2/c1-8(21-24(22)13(2,3)4)12-19-11(20-23-12)9-5-6-18-10(7-9)14(15,16)17/h5-8,21H,1-4H3/t8-,24?/m0/s1. The smallest absolute Gasteiger partial charge is 0.252 e. The molecule has 0 aliphatic heterocycles. The normalized spacial score (nSPS) is 15.3. The Morgan fingerprint density at radius 1 is 1.29 bits per heavy atom. The van der Waals surface area contributed by atoms with Crippen molar-refractivity contribution >= 4 is 22.5 Å². The predicted octanol–water partition coefficient (Wildman–Crippen LogP) is 3.73. The van der Waals surface area contributed by atoms with Gasteiger partial charge in [0.1, 0.15) is 10.7 Å². The van der Waals surface area contributed by atoms with Crippen LogP contribution in [-0.2, 0) is 17.2 Å². The van der Waals surface area contributed by atoms with Crippen molar-refractivity contribution in [3.63, 3.8) is 0 Å². The molecule has 132 valence electrons. The van der Waals surface area contributed by atoms with Crippen LogP contribution in [0.15, 0.2) is 18.3 Å². The average Bonchev–Trinajstić information content (AvgIpc) is 2.95. The summed E-state index contributed by atoms with van der Waals surface area (Å²) in [5, 5.41) is 0.549. The Bertz CT molecular complexity index is 740. The Kier molecular flexibility index (Phi) is 5.41. The van der Waals surface area contributed by atoms with Gasteiger partial charge < -0.3 is 0 Å². The molecular weight excluding hydrogens is 361 g/mol.